The number of ether oxygens (including phenoxy) is 2. The Kier molecular flexibility index (Phi) is 6.65. The van der Waals surface area contributed by atoms with Crippen molar-refractivity contribution in [3.63, 3.8) is 0 Å². The molecule has 0 aromatic heterocycles. The second kappa shape index (κ2) is 9.01. The molecule has 0 amide bonds. The number of halogens is 1. The number of aliphatic hydroxyl groups is 1. The average Bonchev–Trinajstić information content (AvgIpc) is 2.72. The predicted molar refractivity (Wildman–Crippen MR) is 116 cm³/mol. The molecule has 1 fully saturated rings. The lowest BCUT2D eigenvalue weighted by atomic mass is 9.78. The number of hydrogen-bond donors (Lipinski definition) is 2. The monoisotopic (exact) mass is 460 g/mol. The number of allylic oxidation sites excluding steroid dienone is 1. The van der Waals surface area contributed by atoms with Crippen molar-refractivity contribution in [3.8, 4) is 17.2 Å². The molecule has 0 unspecified atom stereocenters. The summed E-state index contributed by atoms with van der Waals surface area (Å²) < 4.78 is 11.6. The molecule has 154 valence electrons. The predicted octanol–water partition coefficient (Wildman–Crippen LogP) is 5.22. The Balaban J connectivity index is 2.09. The Bertz CT molecular complexity index is 929. The highest BCUT2D eigenvalue weighted by Gasteiger charge is 2.39. The van der Waals surface area contributed by atoms with E-state index < -0.39 is 11.4 Å². The van der Waals surface area contributed by atoms with Gasteiger partial charge in [-0.05, 0) is 36.6 Å². The number of phenolic OH excluding ortho intramolecular Hbond substituents is 1. The fraction of sp³-hybridized carbons (Fsp3) is 0.348. The zero-order chi connectivity index (χ0) is 21.0. The molecule has 0 heterocycles. The quantitative estimate of drug-likeness (QED) is 0.456. The number of hydrogen-bond acceptors (Lipinski definition) is 5. The van der Waals surface area contributed by atoms with Crippen LogP contribution in [0.3, 0.4) is 0 Å². The molecule has 0 radical (unpaired) electrons. The smallest absolute Gasteiger partial charge is 0.193 e. The molecule has 1 aliphatic rings. The summed E-state index contributed by atoms with van der Waals surface area (Å²) in [5.41, 5.74) is -0.121. The van der Waals surface area contributed by atoms with Crippen molar-refractivity contribution in [3.05, 3.63) is 57.6 Å². The van der Waals surface area contributed by atoms with Gasteiger partial charge in [0.2, 0.25) is 0 Å². The lowest BCUT2D eigenvalue weighted by Crippen LogP contribution is -2.29. The fourth-order valence-electron chi connectivity index (χ4n) is 3.88. The molecule has 3 rings (SSSR count). The summed E-state index contributed by atoms with van der Waals surface area (Å²) in [4.78, 5) is 13.0. The van der Waals surface area contributed by atoms with Gasteiger partial charge in [-0.2, -0.15) is 0 Å². The Morgan fingerprint density at radius 1 is 1.10 bits per heavy atom. The minimum absolute atomic E-state index is 0.0191. The van der Waals surface area contributed by atoms with E-state index in [9.17, 15) is 15.0 Å². The van der Waals surface area contributed by atoms with E-state index in [-0.39, 0.29) is 22.6 Å². The zero-order valence-corrected chi connectivity index (χ0v) is 18.2. The zero-order valence-electron chi connectivity index (χ0n) is 16.6. The van der Waals surface area contributed by atoms with Crippen molar-refractivity contribution >= 4 is 27.8 Å². The highest BCUT2D eigenvalue weighted by Crippen LogP contribution is 2.49. The number of methoxy groups -OCH3 is 2. The van der Waals surface area contributed by atoms with Crippen molar-refractivity contribution in [2.24, 2.45) is 0 Å². The van der Waals surface area contributed by atoms with Gasteiger partial charge in [0.1, 0.15) is 22.8 Å². The minimum Gasteiger partial charge on any atom is -0.506 e. The van der Waals surface area contributed by atoms with E-state index in [1.807, 2.05) is 24.3 Å². The molecule has 0 saturated heterocycles. The van der Waals surface area contributed by atoms with Crippen LogP contribution in [0.2, 0.25) is 0 Å². The number of rotatable bonds is 6. The molecule has 2 N–H and O–H groups in total. The maximum absolute atomic E-state index is 13.0. The minimum atomic E-state index is -1.23. The van der Waals surface area contributed by atoms with Crippen LogP contribution in [0.5, 0.6) is 17.2 Å². The van der Waals surface area contributed by atoms with Gasteiger partial charge in [-0.3, -0.25) is 4.79 Å². The molecular formula is C23H25BrO5. The molecule has 2 aromatic rings. The first-order chi connectivity index (χ1) is 13.9. The molecule has 29 heavy (non-hydrogen) atoms. The number of benzene rings is 2. The lowest BCUT2D eigenvalue weighted by molar-refractivity contribution is -0.00462. The van der Waals surface area contributed by atoms with Gasteiger partial charge in [-0.25, -0.2) is 0 Å². The summed E-state index contributed by atoms with van der Waals surface area (Å²) in [5.74, 6) is -0.190. The molecule has 2 aromatic carbocycles. The Labute approximate surface area is 179 Å². The summed E-state index contributed by atoms with van der Waals surface area (Å²) in [6, 6.07) is 9.07. The Morgan fingerprint density at radius 3 is 2.38 bits per heavy atom. The molecule has 5 nitrogen and oxygen atoms in total. The van der Waals surface area contributed by atoms with Crippen LogP contribution in [0.25, 0.3) is 6.08 Å². The second-order valence-electron chi connectivity index (χ2n) is 7.19. The van der Waals surface area contributed by atoms with E-state index in [1.165, 1.54) is 20.3 Å². The lowest BCUT2D eigenvalue weighted by Gasteiger charge is -2.34. The van der Waals surface area contributed by atoms with Crippen molar-refractivity contribution in [2.45, 2.75) is 37.7 Å². The third kappa shape index (κ3) is 4.33. The number of carbonyl (C=O) groups is 1. The highest BCUT2D eigenvalue weighted by atomic mass is 79.9. The van der Waals surface area contributed by atoms with Gasteiger partial charge in [0.15, 0.2) is 5.78 Å². The summed E-state index contributed by atoms with van der Waals surface area (Å²) in [5, 5.41) is 22.3. The molecular weight excluding hydrogens is 436 g/mol. The van der Waals surface area contributed by atoms with Gasteiger partial charge in [0, 0.05) is 10.5 Å². The van der Waals surface area contributed by atoms with E-state index in [4.69, 9.17) is 9.47 Å². The first-order valence-electron chi connectivity index (χ1n) is 9.59. The van der Waals surface area contributed by atoms with Crippen molar-refractivity contribution < 1.29 is 24.5 Å². The molecule has 6 heteroatoms. The number of ketones is 1. The summed E-state index contributed by atoms with van der Waals surface area (Å²) >= 11 is 3.45. The standard InChI is InChI=1S/C23H25BrO5/c1-28-18-14-19(29-2)21(23(27)12-6-3-7-13-23)22(26)20(18)17(25)11-10-15-8-4-5-9-16(15)24/h4-5,8-11,14,26-27H,3,6-7,12-13H2,1-2H3. The van der Waals surface area contributed by atoms with Crippen LogP contribution in [0.4, 0.5) is 0 Å². The normalized spacial score (nSPS) is 16.0. The number of carbonyl (C=O) groups excluding carboxylic acids is 1. The summed E-state index contributed by atoms with van der Waals surface area (Å²) in [6.07, 6.45) is 6.78. The molecule has 0 bridgehead atoms. The second-order valence-corrected chi connectivity index (χ2v) is 8.05. The largest absolute Gasteiger partial charge is 0.506 e. The number of phenols is 1. The van der Waals surface area contributed by atoms with Gasteiger partial charge < -0.3 is 19.7 Å². The van der Waals surface area contributed by atoms with Crippen LogP contribution in [0.1, 0.15) is 53.6 Å². The topological polar surface area (TPSA) is 76.0 Å². The first-order valence-corrected chi connectivity index (χ1v) is 10.4. The van der Waals surface area contributed by atoms with Crippen LogP contribution in [-0.2, 0) is 5.60 Å². The van der Waals surface area contributed by atoms with Gasteiger partial charge in [0.05, 0.1) is 25.4 Å². The van der Waals surface area contributed by atoms with E-state index in [0.717, 1.165) is 29.3 Å². The van der Waals surface area contributed by atoms with Crippen molar-refractivity contribution in [1.29, 1.82) is 0 Å². The molecule has 0 spiro atoms. The molecule has 0 aliphatic heterocycles. The number of aromatic hydroxyl groups is 1. The van der Waals surface area contributed by atoms with Crippen molar-refractivity contribution in [1.82, 2.24) is 0 Å². The third-order valence-electron chi connectivity index (χ3n) is 5.38. The fourth-order valence-corrected chi connectivity index (χ4v) is 4.29. The summed E-state index contributed by atoms with van der Waals surface area (Å²) in [6.45, 7) is 0. The first kappa shape index (κ1) is 21.4. The van der Waals surface area contributed by atoms with E-state index >= 15 is 0 Å². The summed E-state index contributed by atoms with van der Waals surface area (Å²) in [7, 11) is 2.90. The molecule has 0 atom stereocenters. The third-order valence-corrected chi connectivity index (χ3v) is 6.10. The van der Waals surface area contributed by atoms with Gasteiger partial charge >= 0.3 is 0 Å². The Morgan fingerprint density at radius 2 is 1.76 bits per heavy atom. The highest BCUT2D eigenvalue weighted by molar-refractivity contribution is 9.10. The Hall–Kier alpha value is -2.31. The average molecular weight is 461 g/mol. The van der Waals surface area contributed by atoms with Gasteiger partial charge in [-0.15, -0.1) is 0 Å². The van der Waals surface area contributed by atoms with Crippen LogP contribution in [-0.4, -0.2) is 30.2 Å². The van der Waals surface area contributed by atoms with Gasteiger partial charge in [0.25, 0.3) is 0 Å². The van der Waals surface area contributed by atoms with Gasteiger partial charge in [-0.1, -0.05) is 53.4 Å². The van der Waals surface area contributed by atoms with Crippen LogP contribution < -0.4 is 9.47 Å². The van der Waals surface area contributed by atoms with E-state index in [2.05, 4.69) is 15.9 Å². The van der Waals surface area contributed by atoms with E-state index in [0.29, 0.717) is 18.6 Å². The maximum Gasteiger partial charge on any atom is 0.193 e. The van der Waals surface area contributed by atoms with Crippen LogP contribution >= 0.6 is 15.9 Å². The maximum atomic E-state index is 13.0. The molecule has 1 aliphatic carbocycles. The molecule has 1 saturated carbocycles. The SMILES string of the molecule is COc1cc(OC)c(C2(O)CCCCC2)c(O)c1C(=O)C=Cc1ccccc1Br. The van der Waals surface area contributed by atoms with Crippen LogP contribution in [0.15, 0.2) is 40.9 Å². The van der Waals surface area contributed by atoms with Crippen LogP contribution in [0, 0.1) is 0 Å². The van der Waals surface area contributed by atoms with Crippen molar-refractivity contribution in [2.75, 3.05) is 14.2 Å². The van der Waals surface area contributed by atoms with E-state index in [1.54, 1.807) is 12.1 Å².